The smallest absolute Gasteiger partial charge is 0.141 e. The van der Waals surface area contributed by atoms with E-state index in [1.165, 1.54) is 0 Å². The van der Waals surface area contributed by atoms with E-state index < -0.39 is 12.8 Å². The van der Waals surface area contributed by atoms with Crippen LogP contribution in [0.15, 0.2) is 0 Å². The minimum atomic E-state index is -1.33. The van der Waals surface area contributed by atoms with Gasteiger partial charge in [0.1, 0.15) is 12.8 Å². The molecule has 1 aliphatic heterocycles. The number of hydrogen-bond acceptors (Lipinski definition) is 2. The Morgan fingerprint density at radius 3 is 2.60 bits per heavy atom. The van der Waals surface area contributed by atoms with Crippen molar-refractivity contribution < 1.29 is 8.78 Å². The van der Waals surface area contributed by atoms with E-state index in [-0.39, 0.29) is 12.6 Å². The number of halogens is 2. The molecule has 0 aliphatic carbocycles. The zero-order valence-electron chi connectivity index (χ0n) is 5.76. The van der Waals surface area contributed by atoms with E-state index in [9.17, 15) is 8.78 Å². The van der Waals surface area contributed by atoms with E-state index in [1.54, 1.807) is 0 Å². The van der Waals surface area contributed by atoms with E-state index in [1.807, 2.05) is 4.90 Å². The van der Waals surface area contributed by atoms with Gasteiger partial charge in [0.15, 0.2) is 0 Å². The number of nitrogens with zero attached hydrogens (tertiary/aromatic N) is 1. The van der Waals surface area contributed by atoms with E-state index in [4.69, 9.17) is 5.73 Å². The van der Waals surface area contributed by atoms with E-state index in [0.717, 1.165) is 0 Å². The second-order valence-corrected chi connectivity index (χ2v) is 2.73. The lowest BCUT2D eigenvalue weighted by Gasteiger charge is -2.37. The fourth-order valence-electron chi connectivity index (χ4n) is 1.09. The number of alkyl halides is 2. The first kappa shape index (κ1) is 7.88. The Labute approximate surface area is 59.0 Å². The topological polar surface area (TPSA) is 29.3 Å². The van der Waals surface area contributed by atoms with Gasteiger partial charge in [0, 0.05) is 25.7 Å². The van der Waals surface area contributed by atoms with Gasteiger partial charge >= 0.3 is 0 Å². The van der Waals surface area contributed by atoms with Gasteiger partial charge in [0.25, 0.3) is 0 Å². The third kappa shape index (κ3) is 1.88. The molecule has 0 aromatic carbocycles. The van der Waals surface area contributed by atoms with Crippen molar-refractivity contribution in [3.63, 3.8) is 0 Å². The van der Waals surface area contributed by atoms with Gasteiger partial charge in [-0.25, -0.2) is 8.78 Å². The zero-order chi connectivity index (χ0) is 7.56. The monoisotopic (exact) mass is 150 g/mol. The van der Waals surface area contributed by atoms with Crippen LogP contribution in [0.3, 0.4) is 0 Å². The number of nitrogens with two attached hydrogens (primary N) is 1. The second-order valence-electron chi connectivity index (χ2n) is 2.73. The molecule has 1 saturated heterocycles. The SMILES string of the molecule is NC1CN(CC(F)CF)C1. The van der Waals surface area contributed by atoms with Gasteiger partial charge < -0.3 is 5.73 Å². The average molecular weight is 150 g/mol. The highest BCUT2D eigenvalue weighted by Crippen LogP contribution is 2.07. The molecule has 10 heavy (non-hydrogen) atoms. The maximum Gasteiger partial charge on any atom is 0.141 e. The normalized spacial score (nSPS) is 24.3. The summed E-state index contributed by atoms with van der Waals surface area (Å²) in [6, 6.07) is 0.173. The lowest BCUT2D eigenvalue weighted by Crippen LogP contribution is -2.57. The van der Waals surface area contributed by atoms with Crippen molar-refractivity contribution in [1.82, 2.24) is 4.90 Å². The maximum absolute atomic E-state index is 12.3. The molecule has 0 spiro atoms. The van der Waals surface area contributed by atoms with Gasteiger partial charge in [0.05, 0.1) is 0 Å². The molecule has 1 aliphatic rings. The Bertz CT molecular complexity index is 104. The summed E-state index contributed by atoms with van der Waals surface area (Å²) < 4.78 is 23.8. The molecule has 0 aromatic heterocycles. The molecular formula is C6H12F2N2. The molecular weight excluding hydrogens is 138 g/mol. The Kier molecular flexibility index (Phi) is 2.56. The van der Waals surface area contributed by atoms with Crippen molar-refractivity contribution in [1.29, 1.82) is 0 Å². The molecule has 2 nitrogen and oxygen atoms in total. The molecule has 1 atom stereocenters. The summed E-state index contributed by atoms with van der Waals surface area (Å²) in [4.78, 5) is 1.81. The first-order valence-electron chi connectivity index (χ1n) is 3.40. The van der Waals surface area contributed by atoms with Crippen LogP contribution in [0.1, 0.15) is 0 Å². The summed E-state index contributed by atoms with van der Waals surface area (Å²) >= 11 is 0. The summed E-state index contributed by atoms with van der Waals surface area (Å²) in [7, 11) is 0. The van der Waals surface area contributed by atoms with E-state index >= 15 is 0 Å². The van der Waals surface area contributed by atoms with Crippen molar-refractivity contribution in [2.45, 2.75) is 12.2 Å². The highest BCUT2D eigenvalue weighted by Gasteiger charge is 2.25. The molecule has 0 aromatic rings. The highest BCUT2D eigenvalue weighted by atomic mass is 19.2. The van der Waals surface area contributed by atoms with Crippen LogP contribution in [0, 0.1) is 0 Å². The average Bonchev–Trinajstić information content (AvgIpc) is 1.84. The predicted octanol–water partition coefficient (Wildman–Crippen LogP) is -0.0631. The van der Waals surface area contributed by atoms with Gasteiger partial charge in [-0.1, -0.05) is 0 Å². The molecule has 0 saturated carbocycles. The molecule has 1 fully saturated rings. The largest absolute Gasteiger partial charge is 0.325 e. The minimum Gasteiger partial charge on any atom is -0.325 e. The minimum absolute atomic E-state index is 0.173. The van der Waals surface area contributed by atoms with Crippen molar-refractivity contribution in [2.24, 2.45) is 5.73 Å². The number of rotatable bonds is 3. The van der Waals surface area contributed by atoms with E-state index in [0.29, 0.717) is 13.1 Å². The summed E-state index contributed by atoms with van der Waals surface area (Å²) in [5.41, 5.74) is 5.43. The number of hydrogen-bond donors (Lipinski definition) is 1. The van der Waals surface area contributed by atoms with Crippen LogP contribution in [0.25, 0.3) is 0 Å². The Hall–Kier alpha value is -0.220. The van der Waals surface area contributed by atoms with Crippen LogP contribution in [-0.4, -0.2) is 43.4 Å². The quantitative estimate of drug-likeness (QED) is 0.610. The summed E-state index contributed by atoms with van der Waals surface area (Å²) in [5.74, 6) is 0. The van der Waals surface area contributed by atoms with Gasteiger partial charge in [0.2, 0.25) is 0 Å². The van der Waals surface area contributed by atoms with Crippen LogP contribution in [0.2, 0.25) is 0 Å². The fourth-order valence-corrected chi connectivity index (χ4v) is 1.09. The lowest BCUT2D eigenvalue weighted by atomic mass is 10.1. The molecule has 60 valence electrons. The van der Waals surface area contributed by atoms with Gasteiger partial charge in [-0.3, -0.25) is 4.90 Å². The van der Waals surface area contributed by atoms with Crippen molar-refractivity contribution in [3.05, 3.63) is 0 Å². The molecule has 0 amide bonds. The fraction of sp³-hybridized carbons (Fsp3) is 1.00. The van der Waals surface area contributed by atoms with Crippen LogP contribution in [0.4, 0.5) is 8.78 Å². The molecule has 4 heteroatoms. The van der Waals surface area contributed by atoms with Gasteiger partial charge in [-0.2, -0.15) is 0 Å². The molecule has 0 radical (unpaired) electrons. The summed E-state index contributed by atoms with van der Waals surface area (Å²) in [6.07, 6.45) is -1.33. The zero-order valence-corrected chi connectivity index (χ0v) is 5.76. The van der Waals surface area contributed by atoms with Crippen LogP contribution >= 0.6 is 0 Å². The van der Waals surface area contributed by atoms with Crippen LogP contribution in [-0.2, 0) is 0 Å². The maximum atomic E-state index is 12.3. The third-order valence-electron chi connectivity index (χ3n) is 1.61. The Morgan fingerprint density at radius 2 is 2.20 bits per heavy atom. The molecule has 1 rings (SSSR count). The third-order valence-corrected chi connectivity index (χ3v) is 1.61. The summed E-state index contributed by atoms with van der Waals surface area (Å²) in [6.45, 7) is 0.733. The van der Waals surface area contributed by atoms with Gasteiger partial charge in [-0.05, 0) is 0 Å². The van der Waals surface area contributed by atoms with Crippen LogP contribution < -0.4 is 5.73 Å². The first-order chi connectivity index (χ1) is 4.72. The van der Waals surface area contributed by atoms with E-state index in [2.05, 4.69) is 0 Å². The van der Waals surface area contributed by atoms with Crippen LogP contribution in [0.5, 0.6) is 0 Å². The Morgan fingerprint density at radius 1 is 1.60 bits per heavy atom. The van der Waals surface area contributed by atoms with Crippen molar-refractivity contribution in [2.75, 3.05) is 26.3 Å². The molecule has 2 N–H and O–H groups in total. The molecule has 0 bridgehead atoms. The molecule has 1 unspecified atom stereocenters. The van der Waals surface area contributed by atoms with Crippen molar-refractivity contribution >= 4 is 0 Å². The standard InChI is InChI=1S/C6H12F2N2/c7-1-5(8)2-10-3-6(9)4-10/h5-6H,1-4,9H2. The molecule has 1 heterocycles. The number of likely N-dealkylation sites (tertiary alicyclic amines) is 1. The predicted molar refractivity (Wildman–Crippen MR) is 35.3 cm³/mol. The second kappa shape index (κ2) is 3.25. The lowest BCUT2D eigenvalue weighted by molar-refractivity contribution is 0.0985. The highest BCUT2D eigenvalue weighted by molar-refractivity contribution is 4.83. The Balaban J connectivity index is 2.04. The summed E-state index contributed by atoms with van der Waals surface area (Å²) in [5, 5.41) is 0. The van der Waals surface area contributed by atoms with Crippen molar-refractivity contribution in [3.8, 4) is 0 Å². The van der Waals surface area contributed by atoms with Gasteiger partial charge in [-0.15, -0.1) is 0 Å². The first-order valence-corrected chi connectivity index (χ1v) is 3.40.